The molecule has 0 unspecified atom stereocenters. The number of hydrogen-bond acceptors (Lipinski definition) is 3. The van der Waals surface area contributed by atoms with E-state index in [2.05, 4.69) is 17.0 Å². The molecule has 1 aliphatic rings. The molecule has 1 saturated heterocycles. The molecule has 0 aliphatic carbocycles. The van der Waals surface area contributed by atoms with Crippen LogP contribution < -0.4 is 10.0 Å². The first-order valence-electron chi connectivity index (χ1n) is 7.56. The van der Waals surface area contributed by atoms with Gasteiger partial charge in [0, 0.05) is 18.8 Å². The van der Waals surface area contributed by atoms with Crippen LogP contribution in [-0.4, -0.2) is 38.9 Å². The second kappa shape index (κ2) is 7.24. The Labute approximate surface area is 127 Å². The van der Waals surface area contributed by atoms with Gasteiger partial charge < -0.3 is 5.32 Å². The van der Waals surface area contributed by atoms with Gasteiger partial charge in [0.1, 0.15) is 0 Å². The first kappa shape index (κ1) is 16.3. The van der Waals surface area contributed by atoms with E-state index >= 15 is 0 Å². The van der Waals surface area contributed by atoms with Crippen molar-refractivity contribution in [2.45, 2.75) is 26.7 Å². The molecule has 0 atom stereocenters. The Hall–Kier alpha value is -1.11. The Kier molecular flexibility index (Phi) is 5.61. The normalized spacial score (nSPS) is 17.8. The zero-order chi connectivity index (χ0) is 15.3. The number of aryl methyl sites for hydroxylation is 1. The topological polar surface area (TPSA) is 61.4 Å². The molecule has 21 heavy (non-hydrogen) atoms. The van der Waals surface area contributed by atoms with E-state index in [4.69, 9.17) is 0 Å². The summed E-state index contributed by atoms with van der Waals surface area (Å²) in [5.74, 6) is 0.579. The summed E-state index contributed by atoms with van der Waals surface area (Å²) >= 11 is 0. The fourth-order valence-electron chi connectivity index (χ4n) is 2.54. The van der Waals surface area contributed by atoms with Crippen molar-refractivity contribution in [2.75, 3.05) is 30.9 Å². The van der Waals surface area contributed by atoms with Crippen LogP contribution in [0, 0.1) is 12.8 Å². The van der Waals surface area contributed by atoms with Crippen LogP contribution in [0.5, 0.6) is 0 Å². The average Bonchev–Trinajstić information content (AvgIpc) is 2.48. The minimum atomic E-state index is -3.43. The molecule has 5 nitrogen and oxygen atoms in total. The fourth-order valence-corrected chi connectivity index (χ4v) is 3.79. The third-order valence-corrected chi connectivity index (χ3v) is 5.43. The summed E-state index contributed by atoms with van der Waals surface area (Å²) in [6.45, 7) is 7.20. The summed E-state index contributed by atoms with van der Waals surface area (Å²) in [4.78, 5) is 0. The summed E-state index contributed by atoms with van der Waals surface area (Å²) < 4.78 is 28.9. The quantitative estimate of drug-likeness (QED) is 0.844. The van der Waals surface area contributed by atoms with Crippen LogP contribution in [0.3, 0.4) is 0 Å². The number of piperidine rings is 1. The van der Waals surface area contributed by atoms with Crippen molar-refractivity contribution in [3.63, 3.8) is 0 Å². The van der Waals surface area contributed by atoms with Crippen molar-refractivity contribution in [1.82, 2.24) is 9.62 Å². The van der Waals surface area contributed by atoms with Crippen LogP contribution in [0.25, 0.3) is 0 Å². The summed E-state index contributed by atoms with van der Waals surface area (Å²) in [5, 5.41) is 3.33. The summed E-state index contributed by atoms with van der Waals surface area (Å²) in [6, 6.07) is 7.40. The van der Waals surface area contributed by atoms with Gasteiger partial charge in [-0.15, -0.1) is 0 Å². The fraction of sp³-hybridized carbons (Fsp3) is 0.600. The van der Waals surface area contributed by atoms with Crippen LogP contribution in [0.1, 0.15) is 25.3 Å². The molecule has 0 amide bonds. The highest BCUT2D eigenvalue weighted by atomic mass is 32.2. The highest BCUT2D eigenvalue weighted by molar-refractivity contribution is 7.90. The van der Waals surface area contributed by atoms with Gasteiger partial charge in [0.05, 0.1) is 0 Å². The molecule has 1 aromatic rings. The molecule has 6 heteroatoms. The lowest BCUT2D eigenvalue weighted by Crippen LogP contribution is -2.43. The first-order chi connectivity index (χ1) is 10.0. The Morgan fingerprint density at radius 1 is 1.19 bits per heavy atom. The van der Waals surface area contributed by atoms with Crippen LogP contribution in [0.2, 0.25) is 0 Å². The largest absolute Gasteiger partial charge is 0.317 e. The first-order valence-corrected chi connectivity index (χ1v) is 9.00. The van der Waals surface area contributed by atoms with E-state index in [9.17, 15) is 8.42 Å². The zero-order valence-electron chi connectivity index (χ0n) is 12.8. The molecule has 2 N–H and O–H groups in total. The number of rotatable bonds is 6. The van der Waals surface area contributed by atoms with Gasteiger partial charge in [0.2, 0.25) is 0 Å². The van der Waals surface area contributed by atoms with Gasteiger partial charge in [-0.3, -0.25) is 4.72 Å². The molecule has 1 aliphatic heterocycles. The van der Waals surface area contributed by atoms with E-state index in [-0.39, 0.29) is 0 Å². The zero-order valence-corrected chi connectivity index (χ0v) is 13.6. The second-order valence-electron chi connectivity index (χ2n) is 5.62. The van der Waals surface area contributed by atoms with E-state index in [1.165, 1.54) is 0 Å². The maximum Gasteiger partial charge on any atom is 0.301 e. The summed E-state index contributed by atoms with van der Waals surface area (Å²) in [6.07, 6.45) is 1.84. The highest BCUT2D eigenvalue weighted by Crippen LogP contribution is 2.20. The molecule has 0 spiro atoms. The van der Waals surface area contributed by atoms with Gasteiger partial charge in [0.25, 0.3) is 0 Å². The molecule has 2 rings (SSSR count). The number of nitrogens with zero attached hydrogens (tertiary/aromatic N) is 1. The SMILES string of the molecule is CCNCC1CCN(S(=O)(=O)Nc2ccc(C)cc2)CC1. The van der Waals surface area contributed by atoms with E-state index < -0.39 is 10.2 Å². The molecule has 1 heterocycles. The van der Waals surface area contributed by atoms with Gasteiger partial charge >= 0.3 is 10.2 Å². The molecule has 0 radical (unpaired) electrons. The van der Waals surface area contributed by atoms with Gasteiger partial charge in [-0.25, -0.2) is 0 Å². The van der Waals surface area contributed by atoms with E-state index in [1.807, 2.05) is 19.1 Å². The van der Waals surface area contributed by atoms with Gasteiger partial charge in [-0.2, -0.15) is 12.7 Å². The van der Waals surface area contributed by atoms with Gasteiger partial charge in [-0.05, 0) is 50.9 Å². The molecular weight excluding hydrogens is 286 g/mol. The molecule has 0 saturated carbocycles. The van der Waals surface area contributed by atoms with Crippen LogP contribution in [-0.2, 0) is 10.2 Å². The molecule has 1 fully saturated rings. The van der Waals surface area contributed by atoms with Gasteiger partial charge in [-0.1, -0.05) is 24.6 Å². The molecule has 1 aromatic carbocycles. The maximum atomic E-state index is 12.4. The predicted octanol–water partition coefficient (Wildman–Crippen LogP) is 1.97. The van der Waals surface area contributed by atoms with Crippen molar-refractivity contribution in [1.29, 1.82) is 0 Å². The number of benzene rings is 1. The van der Waals surface area contributed by atoms with Gasteiger partial charge in [0.15, 0.2) is 0 Å². The third kappa shape index (κ3) is 4.69. The van der Waals surface area contributed by atoms with E-state index in [1.54, 1.807) is 16.4 Å². The number of anilines is 1. The Balaban J connectivity index is 1.90. The van der Waals surface area contributed by atoms with Crippen molar-refractivity contribution >= 4 is 15.9 Å². The molecule has 118 valence electrons. The van der Waals surface area contributed by atoms with E-state index in [0.29, 0.717) is 24.7 Å². The van der Waals surface area contributed by atoms with Crippen molar-refractivity contribution in [3.05, 3.63) is 29.8 Å². The lowest BCUT2D eigenvalue weighted by atomic mass is 9.98. The monoisotopic (exact) mass is 311 g/mol. The Morgan fingerprint density at radius 3 is 2.38 bits per heavy atom. The predicted molar refractivity (Wildman–Crippen MR) is 86.6 cm³/mol. The highest BCUT2D eigenvalue weighted by Gasteiger charge is 2.27. The summed E-state index contributed by atoms with van der Waals surface area (Å²) in [7, 11) is -3.43. The summed E-state index contributed by atoms with van der Waals surface area (Å²) in [5.41, 5.74) is 1.73. The lowest BCUT2D eigenvalue weighted by Gasteiger charge is -2.31. The number of hydrogen-bond donors (Lipinski definition) is 2. The minimum absolute atomic E-state index is 0.579. The Morgan fingerprint density at radius 2 is 1.81 bits per heavy atom. The van der Waals surface area contributed by atoms with Crippen molar-refractivity contribution in [3.8, 4) is 0 Å². The number of nitrogens with one attached hydrogen (secondary N) is 2. The smallest absolute Gasteiger partial charge is 0.301 e. The van der Waals surface area contributed by atoms with E-state index in [0.717, 1.165) is 31.5 Å². The third-order valence-electron chi connectivity index (χ3n) is 3.89. The minimum Gasteiger partial charge on any atom is -0.317 e. The molecule has 0 aromatic heterocycles. The van der Waals surface area contributed by atoms with Crippen LogP contribution >= 0.6 is 0 Å². The van der Waals surface area contributed by atoms with Crippen molar-refractivity contribution in [2.24, 2.45) is 5.92 Å². The second-order valence-corrected chi connectivity index (χ2v) is 7.29. The average molecular weight is 311 g/mol. The maximum absolute atomic E-state index is 12.4. The van der Waals surface area contributed by atoms with Crippen molar-refractivity contribution < 1.29 is 8.42 Å². The standard InChI is InChI=1S/C15H25N3O2S/c1-3-16-12-14-8-10-18(11-9-14)21(19,20)17-15-6-4-13(2)5-7-15/h4-7,14,16-17H,3,8-12H2,1-2H3. The molecular formula is C15H25N3O2S. The van der Waals surface area contributed by atoms with Crippen LogP contribution in [0.15, 0.2) is 24.3 Å². The van der Waals surface area contributed by atoms with Crippen LogP contribution in [0.4, 0.5) is 5.69 Å². The lowest BCUT2D eigenvalue weighted by molar-refractivity contribution is 0.269. The molecule has 0 bridgehead atoms. The Bertz CT molecular complexity index is 535.